The minimum absolute atomic E-state index is 0.219. The molecule has 86 valence electrons. The average Bonchev–Trinajstić information content (AvgIpc) is 2.46. The molecule has 3 N–H and O–H groups in total. The van der Waals surface area contributed by atoms with Crippen molar-refractivity contribution < 1.29 is 5.11 Å². The fourth-order valence-corrected chi connectivity index (χ4v) is 1.62. The van der Waals surface area contributed by atoms with Crippen molar-refractivity contribution in [3.05, 3.63) is 11.6 Å². The normalized spacial score (nSPS) is 15.7. The highest BCUT2D eigenvalue weighted by Gasteiger charge is 2.23. The second-order valence-corrected chi connectivity index (χ2v) is 4.51. The van der Waals surface area contributed by atoms with Crippen LogP contribution in [0.3, 0.4) is 0 Å². The molecular weight excluding hydrogens is 192 g/mol. The van der Waals surface area contributed by atoms with Gasteiger partial charge >= 0.3 is 0 Å². The lowest BCUT2D eigenvalue weighted by molar-refractivity contribution is 0.0662. The van der Waals surface area contributed by atoms with Crippen LogP contribution in [0, 0.1) is 6.92 Å². The van der Waals surface area contributed by atoms with Crippen LogP contribution in [-0.4, -0.2) is 32.0 Å². The molecule has 0 fully saturated rings. The van der Waals surface area contributed by atoms with Crippen molar-refractivity contribution in [2.75, 3.05) is 6.54 Å². The van der Waals surface area contributed by atoms with E-state index < -0.39 is 5.60 Å². The van der Waals surface area contributed by atoms with Crippen LogP contribution in [-0.2, 0) is 6.42 Å². The molecule has 1 rings (SSSR count). The van der Waals surface area contributed by atoms with Gasteiger partial charge in [-0.15, -0.1) is 10.2 Å². The van der Waals surface area contributed by atoms with Crippen molar-refractivity contribution in [1.29, 1.82) is 0 Å². The van der Waals surface area contributed by atoms with Gasteiger partial charge < -0.3 is 15.4 Å². The van der Waals surface area contributed by atoms with E-state index in [0.717, 1.165) is 11.6 Å². The maximum absolute atomic E-state index is 9.89. The molecule has 5 heteroatoms. The number of aryl methyl sites for hydroxylation is 1. The van der Waals surface area contributed by atoms with E-state index in [-0.39, 0.29) is 6.54 Å². The molecule has 1 atom stereocenters. The van der Waals surface area contributed by atoms with E-state index in [9.17, 15) is 5.11 Å². The number of hydrogen-bond donors (Lipinski definition) is 2. The minimum Gasteiger partial charge on any atom is -0.388 e. The molecule has 0 bridgehead atoms. The molecule has 1 heterocycles. The first-order valence-corrected chi connectivity index (χ1v) is 5.20. The zero-order valence-electron chi connectivity index (χ0n) is 9.86. The Morgan fingerprint density at radius 3 is 2.53 bits per heavy atom. The molecule has 0 saturated carbocycles. The second kappa shape index (κ2) is 4.28. The molecule has 0 aliphatic rings. The molecule has 1 unspecified atom stereocenters. The summed E-state index contributed by atoms with van der Waals surface area (Å²) in [5.74, 6) is 1.66. The van der Waals surface area contributed by atoms with Crippen molar-refractivity contribution in [3.8, 4) is 0 Å². The molecule has 5 nitrogen and oxygen atoms in total. The fraction of sp³-hybridized carbons (Fsp3) is 0.800. The SMILES string of the molecule is Cc1nnc(CC(C)(O)CN)n1C(C)C. The lowest BCUT2D eigenvalue weighted by Gasteiger charge is -2.21. The molecule has 0 spiro atoms. The molecule has 1 aromatic heterocycles. The van der Waals surface area contributed by atoms with Gasteiger partial charge in [0.15, 0.2) is 0 Å². The van der Waals surface area contributed by atoms with Crippen molar-refractivity contribution in [2.24, 2.45) is 5.73 Å². The lowest BCUT2D eigenvalue weighted by atomic mass is 10.0. The van der Waals surface area contributed by atoms with Gasteiger partial charge in [0.2, 0.25) is 0 Å². The van der Waals surface area contributed by atoms with Gasteiger partial charge in [-0.1, -0.05) is 0 Å². The first-order chi connectivity index (χ1) is 6.87. The maximum Gasteiger partial charge on any atom is 0.136 e. The molecule has 1 aromatic rings. The number of hydrogen-bond acceptors (Lipinski definition) is 4. The summed E-state index contributed by atoms with van der Waals surface area (Å²) < 4.78 is 2.02. The fourth-order valence-electron chi connectivity index (χ4n) is 1.62. The Labute approximate surface area is 90.3 Å². The molecule has 0 aromatic carbocycles. The maximum atomic E-state index is 9.89. The Kier molecular flexibility index (Phi) is 3.46. The van der Waals surface area contributed by atoms with Gasteiger partial charge in [-0.3, -0.25) is 0 Å². The third-order valence-corrected chi connectivity index (χ3v) is 2.43. The van der Waals surface area contributed by atoms with Crippen molar-refractivity contribution in [2.45, 2.75) is 45.8 Å². The Morgan fingerprint density at radius 2 is 2.07 bits per heavy atom. The number of aromatic nitrogens is 3. The van der Waals surface area contributed by atoms with Crippen LogP contribution in [0.4, 0.5) is 0 Å². The smallest absolute Gasteiger partial charge is 0.136 e. The number of nitrogens with two attached hydrogens (primary N) is 1. The zero-order valence-corrected chi connectivity index (χ0v) is 9.86. The Bertz CT molecular complexity index is 330. The molecule has 0 amide bonds. The highest BCUT2D eigenvalue weighted by molar-refractivity contribution is 5.00. The molecule has 0 aliphatic carbocycles. The van der Waals surface area contributed by atoms with Crippen LogP contribution >= 0.6 is 0 Å². The van der Waals surface area contributed by atoms with Crippen molar-refractivity contribution in [1.82, 2.24) is 14.8 Å². The van der Waals surface area contributed by atoms with Gasteiger partial charge in [-0.25, -0.2) is 0 Å². The Morgan fingerprint density at radius 1 is 1.47 bits per heavy atom. The monoisotopic (exact) mass is 212 g/mol. The first kappa shape index (κ1) is 12.1. The third kappa shape index (κ3) is 2.76. The van der Waals surface area contributed by atoms with E-state index in [0.29, 0.717) is 12.5 Å². The average molecular weight is 212 g/mol. The van der Waals surface area contributed by atoms with E-state index in [1.165, 1.54) is 0 Å². The van der Waals surface area contributed by atoms with Gasteiger partial charge in [0, 0.05) is 19.0 Å². The van der Waals surface area contributed by atoms with E-state index in [1.807, 2.05) is 11.5 Å². The van der Waals surface area contributed by atoms with Crippen LogP contribution in [0.2, 0.25) is 0 Å². The summed E-state index contributed by atoms with van der Waals surface area (Å²) in [4.78, 5) is 0. The quantitative estimate of drug-likeness (QED) is 0.758. The van der Waals surface area contributed by atoms with E-state index >= 15 is 0 Å². The van der Waals surface area contributed by atoms with Crippen LogP contribution in [0.15, 0.2) is 0 Å². The topological polar surface area (TPSA) is 77.0 Å². The Balaban J connectivity index is 2.95. The minimum atomic E-state index is -0.911. The van der Waals surface area contributed by atoms with E-state index in [2.05, 4.69) is 24.0 Å². The van der Waals surface area contributed by atoms with E-state index in [4.69, 9.17) is 5.73 Å². The summed E-state index contributed by atoms with van der Waals surface area (Å²) >= 11 is 0. The predicted octanol–water partition coefficient (Wildman–Crippen LogP) is 0.420. The molecule has 15 heavy (non-hydrogen) atoms. The third-order valence-electron chi connectivity index (χ3n) is 2.43. The molecular formula is C10H20N4O. The van der Waals surface area contributed by atoms with Gasteiger partial charge in [-0.05, 0) is 27.7 Å². The predicted molar refractivity (Wildman–Crippen MR) is 58.5 cm³/mol. The van der Waals surface area contributed by atoms with Crippen LogP contribution < -0.4 is 5.73 Å². The van der Waals surface area contributed by atoms with Crippen LogP contribution in [0.25, 0.3) is 0 Å². The summed E-state index contributed by atoms with van der Waals surface area (Å²) in [7, 11) is 0. The highest BCUT2D eigenvalue weighted by atomic mass is 16.3. The molecule has 0 radical (unpaired) electrons. The van der Waals surface area contributed by atoms with Crippen molar-refractivity contribution in [3.63, 3.8) is 0 Å². The summed E-state index contributed by atoms with van der Waals surface area (Å²) in [6.45, 7) is 7.97. The van der Waals surface area contributed by atoms with Crippen LogP contribution in [0.5, 0.6) is 0 Å². The highest BCUT2D eigenvalue weighted by Crippen LogP contribution is 2.15. The number of rotatable bonds is 4. The molecule has 0 aliphatic heterocycles. The summed E-state index contributed by atoms with van der Waals surface area (Å²) in [5, 5.41) is 18.0. The second-order valence-electron chi connectivity index (χ2n) is 4.51. The van der Waals surface area contributed by atoms with Gasteiger partial charge in [0.1, 0.15) is 11.6 Å². The number of aliphatic hydroxyl groups is 1. The van der Waals surface area contributed by atoms with Gasteiger partial charge in [0.05, 0.1) is 5.60 Å². The largest absolute Gasteiger partial charge is 0.388 e. The Hall–Kier alpha value is -0.940. The standard InChI is InChI=1S/C10H20N4O/c1-7(2)14-8(3)12-13-9(14)5-10(4,15)6-11/h7,15H,5-6,11H2,1-4H3. The van der Waals surface area contributed by atoms with Crippen LogP contribution in [0.1, 0.15) is 38.5 Å². The number of nitrogens with zero attached hydrogens (tertiary/aromatic N) is 3. The first-order valence-electron chi connectivity index (χ1n) is 5.20. The molecule has 0 saturated heterocycles. The summed E-state index contributed by atoms with van der Waals surface area (Å²) in [6, 6.07) is 0.295. The summed E-state index contributed by atoms with van der Waals surface area (Å²) in [5.41, 5.74) is 4.57. The zero-order chi connectivity index (χ0) is 11.6. The van der Waals surface area contributed by atoms with E-state index in [1.54, 1.807) is 6.92 Å². The van der Waals surface area contributed by atoms with Gasteiger partial charge in [-0.2, -0.15) is 0 Å². The van der Waals surface area contributed by atoms with Gasteiger partial charge in [0.25, 0.3) is 0 Å². The lowest BCUT2D eigenvalue weighted by Crippen LogP contribution is -2.37. The van der Waals surface area contributed by atoms with Crippen molar-refractivity contribution >= 4 is 0 Å². The summed E-state index contributed by atoms with van der Waals surface area (Å²) in [6.07, 6.45) is 0.433.